The smallest absolute Gasteiger partial charge is 0.252 e. The first-order chi connectivity index (χ1) is 12.9. The summed E-state index contributed by atoms with van der Waals surface area (Å²) in [4.78, 5) is 23.9. The lowest BCUT2D eigenvalue weighted by atomic mass is 10.1. The van der Waals surface area contributed by atoms with Crippen LogP contribution in [0.1, 0.15) is 34.8 Å². The molecule has 27 heavy (non-hydrogen) atoms. The van der Waals surface area contributed by atoms with E-state index >= 15 is 0 Å². The largest absolute Gasteiger partial charge is 0.548 e. The molecule has 1 amide bonds. The average molecular weight is 387 g/mol. The molecular weight excluding hydrogens is 368 g/mol. The van der Waals surface area contributed by atoms with Crippen LogP contribution in [0.4, 0.5) is 0 Å². The van der Waals surface area contributed by atoms with Crippen molar-refractivity contribution in [3.8, 4) is 0 Å². The number of nitrogens with one attached hydrogen (secondary N) is 1. The number of sulfonamides is 1. The number of hydrogen-bond acceptors (Lipinski definition) is 5. The van der Waals surface area contributed by atoms with E-state index in [1.54, 1.807) is 30.3 Å². The minimum Gasteiger partial charge on any atom is -0.548 e. The van der Waals surface area contributed by atoms with Crippen LogP contribution in [0.25, 0.3) is 0 Å². The Morgan fingerprint density at radius 3 is 2.11 bits per heavy atom. The van der Waals surface area contributed by atoms with E-state index in [0.29, 0.717) is 18.7 Å². The Hall–Kier alpha value is -2.71. The SMILES string of the molecule is O=C(N[C@H](C(=O)[O-])c1ccccc1)c1ccc(S(=O)(=O)N2CCCC2)cc1. The van der Waals surface area contributed by atoms with Crippen molar-refractivity contribution in [1.29, 1.82) is 0 Å². The van der Waals surface area contributed by atoms with Crippen molar-refractivity contribution in [2.45, 2.75) is 23.8 Å². The van der Waals surface area contributed by atoms with Crippen LogP contribution in [0.15, 0.2) is 59.5 Å². The lowest BCUT2D eigenvalue weighted by Gasteiger charge is -2.20. The molecule has 8 heteroatoms. The summed E-state index contributed by atoms with van der Waals surface area (Å²) in [6, 6.07) is 12.4. The fourth-order valence-corrected chi connectivity index (χ4v) is 4.51. The van der Waals surface area contributed by atoms with Crippen molar-refractivity contribution < 1.29 is 23.1 Å². The zero-order valence-electron chi connectivity index (χ0n) is 14.5. The lowest BCUT2D eigenvalue weighted by molar-refractivity contribution is -0.308. The van der Waals surface area contributed by atoms with Gasteiger partial charge in [-0.05, 0) is 42.7 Å². The number of aliphatic carboxylic acids is 1. The van der Waals surface area contributed by atoms with E-state index in [4.69, 9.17) is 0 Å². The Morgan fingerprint density at radius 1 is 0.963 bits per heavy atom. The summed E-state index contributed by atoms with van der Waals surface area (Å²) < 4.78 is 26.4. The molecule has 0 spiro atoms. The van der Waals surface area contributed by atoms with Crippen LogP contribution < -0.4 is 10.4 Å². The number of carbonyl (C=O) groups is 2. The highest BCUT2D eigenvalue weighted by atomic mass is 32.2. The number of carboxylic acids is 1. The van der Waals surface area contributed by atoms with Crippen LogP contribution in [0.2, 0.25) is 0 Å². The minimum atomic E-state index is -3.56. The molecule has 1 heterocycles. The molecule has 1 N–H and O–H groups in total. The molecule has 2 aromatic rings. The van der Waals surface area contributed by atoms with Gasteiger partial charge in [0.1, 0.15) is 0 Å². The maximum Gasteiger partial charge on any atom is 0.252 e. The Balaban J connectivity index is 1.76. The molecule has 3 rings (SSSR count). The molecule has 1 atom stereocenters. The normalized spacial score (nSPS) is 16.0. The molecule has 142 valence electrons. The molecule has 0 saturated carbocycles. The van der Waals surface area contributed by atoms with Crippen LogP contribution >= 0.6 is 0 Å². The molecule has 0 bridgehead atoms. The molecular formula is C19H19N2O5S-. The fourth-order valence-electron chi connectivity index (χ4n) is 2.99. The molecule has 2 aromatic carbocycles. The molecule has 0 aromatic heterocycles. The summed E-state index contributed by atoms with van der Waals surface area (Å²) in [5.41, 5.74) is 0.552. The van der Waals surface area contributed by atoms with E-state index in [1.807, 2.05) is 0 Å². The summed E-state index contributed by atoms with van der Waals surface area (Å²) in [6.07, 6.45) is 1.67. The summed E-state index contributed by atoms with van der Waals surface area (Å²) >= 11 is 0. The number of hydrogen-bond donors (Lipinski definition) is 1. The van der Waals surface area contributed by atoms with Gasteiger partial charge in [0.25, 0.3) is 5.91 Å². The van der Waals surface area contributed by atoms with Crippen molar-refractivity contribution in [3.63, 3.8) is 0 Å². The third-order valence-corrected chi connectivity index (χ3v) is 6.38. The van der Waals surface area contributed by atoms with Crippen LogP contribution in [-0.4, -0.2) is 37.7 Å². The maximum atomic E-state index is 12.5. The molecule has 1 fully saturated rings. The summed E-state index contributed by atoms with van der Waals surface area (Å²) in [7, 11) is -3.56. The van der Waals surface area contributed by atoms with Gasteiger partial charge in [-0.2, -0.15) is 4.31 Å². The highest BCUT2D eigenvalue weighted by molar-refractivity contribution is 7.89. The standard InChI is InChI=1S/C19H20N2O5S/c22-18(20-17(19(23)24)14-6-2-1-3-7-14)15-8-10-16(11-9-15)27(25,26)21-12-4-5-13-21/h1-3,6-11,17H,4-5,12-13H2,(H,20,22)(H,23,24)/p-1/t17-/m0/s1. The second-order valence-electron chi connectivity index (χ2n) is 6.27. The monoisotopic (exact) mass is 387 g/mol. The molecule has 0 radical (unpaired) electrons. The first kappa shape index (κ1) is 19.1. The van der Waals surface area contributed by atoms with Gasteiger partial charge in [0.05, 0.1) is 16.9 Å². The Labute approximate surface area is 157 Å². The van der Waals surface area contributed by atoms with Crippen molar-refractivity contribution in [3.05, 3.63) is 65.7 Å². The van der Waals surface area contributed by atoms with Gasteiger partial charge in [-0.1, -0.05) is 30.3 Å². The predicted molar refractivity (Wildman–Crippen MR) is 96.1 cm³/mol. The van der Waals surface area contributed by atoms with Crippen molar-refractivity contribution >= 4 is 21.9 Å². The number of rotatable bonds is 6. The average Bonchev–Trinajstić information content (AvgIpc) is 3.22. The number of nitrogens with zero attached hydrogens (tertiary/aromatic N) is 1. The quantitative estimate of drug-likeness (QED) is 0.785. The molecule has 7 nitrogen and oxygen atoms in total. The van der Waals surface area contributed by atoms with Crippen LogP contribution in [0, 0.1) is 0 Å². The van der Waals surface area contributed by atoms with E-state index in [2.05, 4.69) is 5.32 Å². The zero-order chi connectivity index (χ0) is 19.4. The summed E-state index contributed by atoms with van der Waals surface area (Å²) in [5.74, 6) is -2.05. The first-order valence-electron chi connectivity index (χ1n) is 8.56. The van der Waals surface area contributed by atoms with Crippen LogP contribution in [0.3, 0.4) is 0 Å². The van der Waals surface area contributed by atoms with E-state index in [-0.39, 0.29) is 10.5 Å². The molecule has 0 unspecified atom stereocenters. The Bertz CT molecular complexity index is 920. The van der Waals surface area contributed by atoms with Gasteiger partial charge in [-0.3, -0.25) is 4.79 Å². The fraction of sp³-hybridized carbons (Fsp3) is 0.263. The van der Waals surface area contributed by atoms with Crippen molar-refractivity contribution in [2.75, 3.05) is 13.1 Å². The minimum absolute atomic E-state index is 0.112. The summed E-state index contributed by atoms with van der Waals surface area (Å²) in [6.45, 7) is 0.990. The highest BCUT2D eigenvalue weighted by Gasteiger charge is 2.27. The number of benzene rings is 2. The van der Waals surface area contributed by atoms with Gasteiger partial charge in [0.15, 0.2) is 0 Å². The second-order valence-corrected chi connectivity index (χ2v) is 8.21. The molecule has 1 saturated heterocycles. The van der Waals surface area contributed by atoms with Crippen LogP contribution in [0.5, 0.6) is 0 Å². The van der Waals surface area contributed by atoms with Gasteiger partial charge in [-0.15, -0.1) is 0 Å². The Morgan fingerprint density at radius 2 is 1.56 bits per heavy atom. The molecule has 0 aliphatic carbocycles. The van der Waals surface area contributed by atoms with E-state index < -0.39 is 27.9 Å². The molecule has 1 aliphatic rings. The van der Waals surface area contributed by atoms with Gasteiger partial charge in [0, 0.05) is 18.7 Å². The van der Waals surface area contributed by atoms with Crippen LogP contribution in [-0.2, 0) is 14.8 Å². The second kappa shape index (κ2) is 7.89. The van der Waals surface area contributed by atoms with Gasteiger partial charge in [-0.25, -0.2) is 8.42 Å². The van der Waals surface area contributed by atoms with Crippen molar-refractivity contribution in [2.24, 2.45) is 0 Å². The maximum absolute atomic E-state index is 12.5. The number of amides is 1. The first-order valence-corrected chi connectivity index (χ1v) is 10.0. The summed E-state index contributed by atoms with van der Waals surface area (Å²) in [5, 5.41) is 13.8. The van der Waals surface area contributed by atoms with Gasteiger partial charge in [0.2, 0.25) is 10.0 Å². The van der Waals surface area contributed by atoms with E-state index in [9.17, 15) is 23.1 Å². The van der Waals surface area contributed by atoms with E-state index in [0.717, 1.165) is 12.8 Å². The van der Waals surface area contributed by atoms with E-state index in [1.165, 1.54) is 28.6 Å². The topological polar surface area (TPSA) is 107 Å². The zero-order valence-corrected chi connectivity index (χ0v) is 15.3. The third-order valence-electron chi connectivity index (χ3n) is 4.46. The van der Waals surface area contributed by atoms with Crippen molar-refractivity contribution in [1.82, 2.24) is 9.62 Å². The lowest BCUT2D eigenvalue weighted by Crippen LogP contribution is -2.41. The number of carboxylic acid groups (broad SMARTS) is 1. The predicted octanol–water partition coefficient (Wildman–Crippen LogP) is 0.692. The third kappa shape index (κ3) is 4.17. The Kier molecular flexibility index (Phi) is 5.57. The van der Waals surface area contributed by atoms with Gasteiger partial charge >= 0.3 is 0 Å². The number of carbonyl (C=O) groups excluding carboxylic acids is 2. The van der Waals surface area contributed by atoms with Gasteiger partial charge < -0.3 is 15.2 Å². The highest BCUT2D eigenvalue weighted by Crippen LogP contribution is 2.21. The molecule has 1 aliphatic heterocycles.